The number of hydrogen-bond acceptors (Lipinski definition) is 3. The van der Waals surface area contributed by atoms with Crippen molar-refractivity contribution in [3.8, 4) is 0 Å². The zero-order valence-corrected chi connectivity index (χ0v) is 20.0. The van der Waals surface area contributed by atoms with Gasteiger partial charge in [-0.1, -0.05) is 71.6 Å². The van der Waals surface area contributed by atoms with E-state index in [4.69, 9.17) is 4.74 Å². The number of carbonyl (C=O) groups excluding carboxylic acids is 2. The van der Waals surface area contributed by atoms with Gasteiger partial charge in [0.2, 0.25) is 11.8 Å². The van der Waals surface area contributed by atoms with Crippen LogP contribution in [0.15, 0.2) is 0 Å². The highest BCUT2D eigenvalue weighted by molar-refractivity contribution is 5.79. The number of ether oxygens (including phenoxy) is 1. The lowest BCUT2D eigenvalue weighted by atomic mass is 9.86. The first-order valence-electron chi connectivity index (χ1n) is 12.0. The number of hydrogen-bond donors (Lipinski definition) is 1. The maximum absolute atomic E-state index is 12.8. The predicted octanol–water partition coefficient (Wildman–Crippen LogP) is 5.47. The lowest BCUT2D eigenvalue weighted by Gasteiger charge is -2.40. The van der Waals surface area contributed by atoms with Gasteiger partial charge in [-0.2, -0.15) is 0 Å². The van der Waals surface area contributed by atoms with Crippen molar-refractivity contribution in [2.24, 2.45) is 0 Å². The smallest absolute Gasteiger partial charge is 0.224 e. The van der Waals surface area contributed by atoms with Gasteiger partial charge in [-0.15, -0.1) is 0 Å². The topological polar surface area (TPSA) is 58.6 Å². The number of amides is 2. The van der Waals surface area contributed by atoms with Crippen molar-refractivity contribution < 1.29 is 14.3 Å². The Morgan fingerprint density at radius 1 is 0.862 bits per heavy atom. The van der Waals surface area contributed by atoms with Gasteiger partial charge < -0.3 is 15.0 Å². The van der Waals surface area contributed by atoms with Crippen LogP contribution in [0.5, 0.6) is 0 Å². The molecule has 0 aromatic heterocycles. The van der Waals surface area contributed by atoms with Gasteiger partial charge in [0.15, 0.2) is 0 Å². The molecule has 2 amide bonds. The molecular formula is C24H48N2O3. The maximum atomic E-state index is 12.8. The summed E-state index contributed by atoms with van der Waals surface area (Å²) in [6.07, 6.45) is 14.0. The standard InChI is InChI=1S/C24H48N2O3/c1-6-9-11-13-15-19-24(4,18-14-12-10-7-2)26(5)23(28)16-20-25-22(27)17-21-29-8-3/h6-21H2,1-5H3,(H,25,27). The quantitative estimate of drug-likeness (QED) is 0.286. The van der Waals surface area contributed by atoms with Gasteiger partial charge in [0, 0.05) is 38.6 Å². The molecule has 1 atom stereocenters. The fourth-order valence-electron chi connectivity index (χ4n) is 3.68. The summed E-state index contributed by atoms with van der Waals surface area (Å²) >= 11 is 0. The third-order valence-electron chi connectivity index (χ3n) is 5.91. The maximum Gasteiger partial charge on any atom is 0.224 e. The largest absolute Gasteiger partial charge is 0.381 e. The molecule has 0 aromatic carbocycles. The second-order valence-corrected chi connectivity index (χ2v) is 8.47. The first kappa shape index (κ1) is 27.9. The normalized spacial score (nSPS) is 13.1. The molecule has 0 rings (SSSR count). The fraction of sp³-hybridized carbons (Fsp3) is 0.917. The van der Waals surface area contributed by atoms with Gasteiger partial charge in [-0.05, 0) is 26.7 Å². The molecule has 0 radical (unpaired) electrons. The van der Waals surface area contributed by atoms with Gasteiger partial charge in [0.05, 0.1) is 6.61 Å². The molecular weight excluding hydrogens is 364 g/mol. The minimum Gasteiger partial charge on any atom is -0.381 e. The second-order valence-electron chi connectivity index (χ2n) is 8.47. The van der Waals surface area contributed by atoms with Crippen LogP contribution < -0.4 is 5.32 Å². The average molecular weight is 413 g/mol. The number of nitrogens with zero attached hydrogens (tertiary/aromatic N) is 1. The molecule has 1 N–H and O–H groups in total. The molecule has 1 unspecified atom stereocenters. The van der Waals surface area contributed by atoms with Gasteiger partial charge >= 0.3 is 0 Å². The molecule has 0 aliphatic heterocycles. The number of rotatable bonds is 19. The summed E-state index contributed by atoms with van der Waals surface area (Å²) in [7, 11) is 1.95. The van der Waals surface area contributed by atoms with E-state index in [1.807, 2.05) is 18.9 Å². The van der Waals surface area contributed by atoms with Crippen molar-refractivity contribution in [2.75, 3.05) is 26.8 Å². The monoisotopic (exact) mass is 412 g/mol. The highest BCUT2D eigenvalue weighted by Crippen LogP contribution is 2.29. The van der Waals surface area contributed by atoms with Crippen LogP contribution in [0.2, 0.25) is 0 Å². The second kappa shape index (κ2) is 17.7. The van der Waals surface area contributed by atoms with Crippen molar-refractivity contribution in [1.29, 1.82) is 0 Å². The number of unbranched alkanes of at least 4 members (excludes halogenated alkanes) is 7. The first-order chi connectivity index (χ1) is 13.9. The lowest BCUT2D eigenvalue weighted by molar-refractivity contribution is -0.135. The Bertz CT molecular complexity index is 428. The van der Waals surface area contributed by atoms with Gasteiger partial charge in [-0.25, -0.2) is 0 Å². The van der Waals surface area contributed by atoms with E-state index >= 15 is 0 Å². The van der Waals surface area contributed by atoms with E-state index in [0.717, 1.165) is 12.8 Å². The van der Waals surface area contributed by atoms with Crippen molar-refractivity contribution in [2.45, 2.75) is 117 Å². The van der Waals surface area contributed by atoms with E-state index in [2.05, 4.69) is 26.1 Å². The predicted molar refractivity (Wildman–Crippen MR) is 122 cm³/mol. The Balaban J connectivity index is 4.53. The van der Waals surface area contributed by atoms with Crippen molar-refractivity contribution in [3.05, 3.63) is 0 Å². The third kappa shape index (κ3) is 13.7. The zero-order chi connectivity index (χ0) is 22.0. The SMILES string of the molecule is CCCCCCCC(C)(CCCCCC)N(C)C(=O)CCNC(=O)CCOCC. The highest BCUT2D eigenvalue weighted by atomic mass is 16.5. The summed E-state index contributed by atoms with van der Waals surface area (Å²) in [4.78, 5) is 26.5. The van der Waals surface area contributed by atoms with Crippen LogP contribution in [0, 0.1) is 0 Å². The molecule has 5 nitrogen and oxygen atoms in total. The van der Waals surface area contributed by atoms with E-state index in [1.165, 1.54) is 57.8 Å². The van der Waals surface area contributed by atoms with Crippen LogP contribution in [0.4, 0.5) is 0 Å². The molecule has 5 heteroatoms. The minimum absolute atomic E-state index is 0.0489. The average Bonchev–Trinajstić information content (AvgIpc) is 2.70. The molecule has 0 saturated carbocycles. The van der Waals surface area contributed by atoms with Crippen LogP contribution in [0.3, 0.4) is 0 Å². The Morgan fingerprint density at radius 2 is 1.41 bits per heavy atom. The van der Waals surface area contributed by atoms with E-state index in [0.29, 0.717) is 32.6 Å². The molecule has 29 heavy (non-hydrogen) atoms. The summed E-state index contributed by atoms with van der Waals surface area (Å²) in [5.41, 5.74) is -0.0873. The molecule has 172 valence electrons. The Kier molecular flexibility index (Phi) is 17.1. The molecule has 0 aliphatic carbocycles. The van der Waals surface area contributed by atoms with E-state index in [1.54, 1.807) is 0 Å². The lowest BCUT2D eigenvalue weighted by Crippen LogP contribution is -2.48. The van der Waals surface area contributed by atoms with Crippen LogP contribution in [0.1, 0.15) is 111 Å². The summed E-state index contributed by atoms with van der Waals surface area (Å²) in [6, 6.07) is 0. The molecule has 0 heterocycles. The van der Waals surface area contributed by atoms with E-state index in [-0.39, 0.29) is 17.4 Å². The van der Waals surface area contributed by atoms with Crippen molar-refractivity contribution in [1.82, 2.24) is 10.2 Å². The van der Waals surface area contributed by atoms with Gasteiger partial charge in [0.1, 0.15) is 0 Å². The van der Waals surface area contributed by atoms with Gasteiger partial charge in [-0.3, -0.25) is 9.59 Å². The molecule has 0 fully saturated rings. The summed E-state index contributed by atoms with van der Waals surface area (Å²) in [6.45, 7) is 10.1. The van der Waals surface area contributed by atoms with Crippen molar-refractivity contribution in [3.63, 3.8) is 0 Å². The third-order valence-corrected chi connectivity index (χ3v) is 5.91. The molecule has 0 aromatic rings. The zero-order valence-electron chi connectivity index (χ0n) is 20.0. The highest BCUT2D eigenvalue weighted by Gasteiger charge is 2.31. The molecule has 0 aliphatic rings. The first-order valence-corrected chi connectivity index (χ1v) is 12.0. The minimum atomic E-state index is -0.0873. The molecule has 0 saturated heterocycles. The fourth-order valence-corrected chi connectivity index (χ4v) is 3.68. The van der Waals surface area contributed by atoms with Crippen LogP contribution in [-0.2, 0) is 14.3 Å². The van der Waals surface area contributed by atoms with Crippen LogP contribution in [-0.4, -0.2) is 49.1 Å². The van der Waals surface area contributed by atoms with E-state index in [9.17, 15) is 9.59 Å². The summed E-state index contributed by atoms with van der Waals surface area (Å²) in [5.74, 6) is 0.0776. The number of nitrogens with one attached hydrogen (secondary N) is 1. The Morgan fingerprint density at radius 3 is 1.97 bits per heavy atom. The van der Waals surface area contributed by atoms with Crippen molar-refractivity contribution >= 4 is 11.8 Å². The summed E-state index contributed by atoms with van der Waals surface area (Å²) in [5, 5.41) is 2.84. The summed E-state index contributed by atoms with van der Waals surface area (Å²) < 4.78 is 5.20. The Hall–Kier alpha value is -1.10. The van der Waals surface area contributed by atoms with E-state index < -0.39 is 0 Å². The van der Waals surface area contributed by atoms with Crippen LogP contribution >= 0.6 is 0 Å². The van der Waals surface area contributed by atoms with Gasteiger partial charge in [0.25, 0.3) is 0 Å². The molecule has 0 bridgehead atoms. The van der Waals surface area contributed by atoms with Crippen LogP contribution in [0.25, 0.3) is 0 Å². The Labute approximate surface area is 180 Å². The molecule has 0 spiro atoms. The number of carbonyl (C=O) groups is 2.